The van der Waals surface area contributed by atoms with Gasteiger partial charge in [0.25, 0.3) is 0 Å². The molecule has 3 atom stereocenters. The van der Waals surface area contributed by atoms with Gasteiger partial charge in [-0.25, -0.2) is 4.79 Å². The number of hydrogen-bond donors (Lipinski definition) is 1. The van der Waals surface area contributed by atoms with Crippen molar-refractivity contribution in [2.45, 2.75) is 58.0 Å². The van der Waals surface area contributed by atoms with Crippen LogP contribution in [0.25, 0.3) is 0 Å². The van der Waals surface area contributed by atoms with Crippen molar-refractivity contribution in [2.75, 3.05) is 0 Å². The second kappa shape index (κ2) is 9.74. The fourth-order valence-electron chi connectivity index (χ4n) is 4.63. The molecule has 1 aliphatic heterocycles. The fraction of sp³-hybridized carbons (Fsp3) is 0.333. The molecule has 0 saturated heterocycles. The number of hydrogen-bond acceptors (Lipinski definition) is 4. The highest BCUT2D eigenvalue weighted by atomic mass is 35.5. The molecular weight excluding hydrogens is 457 g/mol. The lowest BCUT2D eigenvalue weighted by atomic mass is 9.72. The highest BCUT2D eigenvalue weighted by molar-refractivity contribution is 6.30. The Morgan fingerprint density at radius 2 is 1.82 bits per heavy atom. The van der Waals surface area contributed by atoms with Crippen LogP contribution in [0, 0.1) is 0 Å². The number of rotatable bonds is 5. The third kappa shape index (κ3) is 4.87. The van der Waals surface area contributed by atoms with Crippen molar-refractivity contribution in [3.8, 4) is 0 Å². The first-order chi connectivity index (χ1) is 15.8. The summed E-state index contributed by atoms with van der Waals surface area (Å²) in [5.74, 6) is -0.855. The lowest BCUT2D eigenvalue weighted by Crippen LogP contribution is -2.36. The van der Waals surface area contributed by atoms with Crippen LogP contribution in [0.1, 0.15) is 63.0 Å². The van der Waals surface area contributed by atoms with Crippen LogP contribution in [0.5, 0.6) is 0 Å². The summed E-state index contributed by atoms with van der Waals surface area (Å²) in [5.41, 5.74) is 4.54. The summed E-state index contributed by atoms with van der Waals surface area (Å²) in [5, 5.41) is 4.60. The first-order valence-electron chi connectivity index (χ1n) is 11.2. The summed E-state index contributed by atoms with van der Waals surface area (Å²) in [4.78, 5) is 26.8. The van der Waals surface area contributed by atoms with Crippen LogP contribution in [-0.2, 0) is 14.3 Å². The van der Waals surface area contributed by atoms with Crippen LogP contribution in [0.15, 0.2) is 71.1 Å². The summed E-state index contributed by atoms with van der Waals surface area (Å²) in [6.45, 7) is 5.70. The van der Waals surface area contributed by atoms with Crippen molar-refractivity contribution < 1.29 is 14.3 Å². The van der Waals surface area contributed by atoms with E-state index in [0.29, 0.717) is 46.2 Å². The van der Waals surface area contributed by atoms with Crippen LogP contribution >= 0.6 is 23.2 Å². The fourth-order valence-corrected chi connectivity index (χ4v) is 4.95. The largest absolute Gasteiger partial charge is 0.459 e. The molecule has 0 aromatic heterocycles. The number of allylic oxidation sites excluding steroid dienone is 3. The van der Waals surface area contributed by atoms with E-state index in [4.69, 9.17) is 27.9 Å². The zero-order valence-corrected chi connectivity index (χ0v) is 20.5. The van der Waals surface area contributed by atoms with Crippen molar-refractivity contribution >= 4 is 35.0 Å². The van der Waals surface area contributed by atoms with Crippen molar-refractivity contribution in [3.05, 3.63) is 92.2 Å². The number of benzene rings is 2. The van der Waals surface area contributed by atoms with Gasteiger partial charge in [-0.1, -0.05) is 54.4 Å². The van der Waals surface area contributed by atoms with Crippen molar-refractivity contribution in [3.63, 3.8) is 0 Å². The van der Waals surface area contributed by atoms with Crippen LogP contribution in [0.2, 0.25) is 10.0 Å². The molecule has 0 spiro atoms. The van der Waals surface area contributed by atoms with Gasteiger partial charge in [0.2, 0.25) is 0 Å². The number of carbonyl (C=O) groups excluding carboxylic acids is 2. The van der Waals surface area contributed by atoms with Crippen LogP contribution in [0.3, 0.4) is 0 Å². The van der Waals surface area contributed by atoms with E-state index in [1.807, 2.05) is 63.2 Å². The summed E-state index contributed by atoms with van der Waals surface area (Å²) >= 11 is 12.4. The molecule has 4 rings (SSSR count). The van der Waals surface area contributed by atoms with E-state index in [-0.39, 0.29) is 17.8 Å². The van der Waals surface area contributed by atoms with Crippen molar-refractivity contribution in [1.82, 2.24) is 5.32 Å². The summed E-state index contributed by atoms with van der Waals surface area (Å²) in [6.07, 6.45) is 1.53. The van der Waals surface area contributed by atoms with Crippen LogP contribution in [0.4, 0.5) is 0 Å². The Hall–Kier alpha value is -2.56. The monoisotopic (exact) mass is 483 g/mol. The smallest absolute Gasteiger partial charge is 0.337 e. The van der Waals surface area contributed by atoms with Gasteiger partial charge in [0.15, 0.2) is 5.78 Å². The molecule has 172 valence electrons. The molecule has 33 heavy (non-hydrogen) atoms. The van der Waals surface area contributed by atoms with E-state index in [1.165, 1.54) is 0 Å². The molecule has 0 amide bonds. The Kier molecular flexibility index (Phi) is 6.96. The van der Waals surface area contributed by atoms with E-state index in [1.54, 1.807) is 6.07 Å². The van der Waals surface area contributed by atoms with E-state index in [2.05, 4.69) is 5.32 Å². The number of halogens is 2. The molecule has 0 fully saturated rings. The number of nitrogens with one attached hydrogen (secondary N) is 1. The summed E-state index contributed by atoms with van der Waals surface area (Å²) < 4.78 is 5.69. The summed E-state index contributed by atoms with van der Waals surface area (Å²) in [7, 11) is 0. The van der Waals surface area contributed by atoms with E-state index in [0.717, 1.165) is 16.8 Å². The third-order valence-electron chi connectivity index (χ3n) is 6.45. The van der Waals surface area contributed by atoms with Gasteiger partial charge in [-0.05, 0) is 68.0 Å². The number of Topliss-reactive ketones (excluding diaryl/α,β-unsaturated/α-hetero) is 1. The van der Waals surface area contributed by atoms with E-state index in [9.17, 15) is 9.59 Å². The molecule has 2 aromatic rings. The normalized spacial score (nSPS) is 21.4. The Balaban J connectivity index is 1.78. The Morgan fingerprint density at radius 1 is 1.09 bits per heavy atom. The standard InChI is InChI=1S/C27H27Cl2NO3/c1-4-15(2)33-27(32)24-16(3)30-22-13-19(17-8-10-20(28)11-9-17)14-23(31)26(22)25(24)18-6-5-7-21(29)12-18/h5-12,15,19,25,30H,4,13-14H2,1-3H3. The maximum absolute atomic E-state index is 13.6. The third-order valence-corrected chi connectivity index (χ3v) is 6.94. The number of ketones is 1. The molecule has 2 aromatic carbocycles. The highest BCUT2D eigenvalue weighted by Crippen LogP contribution is 2.46. The number of ether oxygens (including phenoxy) is 1. The molecule has 0 saturated carbocycles. The Labute approximate surface area is 204 Å². The molecule has 1 aliphatic carbocycles. The van der Waals surface area contributed by atoms with Gasteiger partial charge in [-0.15, -0.1) is 0 Å². The van der Waals surface area contributed by atoms with Crippen molar-refractivity contribution in [2.24, 2.45) is 0 Å². The highest BCUT2D eigenvalue weighted by Gasteiger charge is 2.41. The zero-order chi connectivity index (χ0) is 23.7. The van der Waals surface area contributed by atoms with Gasteiger partial charge >= 0.3 is 5.97 Å². The maximum Gasteiger partial charge on any atom is 0.337 e. The topological polar surface area (TPSA) is 55.4 Å². The average Bonchev–Trinajstić information content (AvgIpc) is 2.78. The van der Waals surface area contributed by atoms with Crippen LogP contribution in [-0.4, -0.2) is 17.9 Å². The molecule has 1 N–H and O–H groups in total. The van der Waals surface area contributed by atoms with Gasteiger partial charge in [0.1, 0.15) is 0 Å². The van der Waals surface area contributed by atoms with Gasteiger partial charge in [-0.3, -0.25) is 4.79 Å². The molecule has 3 unspecified atom stereocenters. The van der Waals surface area contributed by atoms with Gasteiger partial charge in [0.05, 0.1) is 11.7 Å². The predicted molar refractivity (Wildman–Crippen MR) is 131 cm³/mol. The molecule has 4 nitrogen and oxygen atoms in total. The van der Waals surface area contributed by atoms with Gasteiger partial charge in [-0.2, -0.15) is 0 Å². The van der Waals surface area contributed by atoms with Crippen molar-refractivity contribution in [1.29, 1.82) is 0 Å². The minimum Gasteiger partial charge on any atom is -0.459 e. The Bertz CT molecular complexity index is 1150. The molecule has 0 radical (unpaired) electrons. The lowest BCUT2D eigenvalue weighted by molar-refractivity contribution is -0.144. The quantitative estimate of drug-likeness (QED) is 0.480. The lowest BCUT2D eigenvalue weighted by Gasteiger charge is -2.37. The second-order valence-electron chi connectivity index (χ2n) is 8.75. The first-order valence-corrected chi connectivity index (χ1v) is 12.0. The van der Waals surface area contributed by atoms with Gasteiger partial charge < -0.3 is 10.1 Å². The number of carbonyl (C=O) groups is 2. The maximum atomic E-state index is 13.6. The Morgan fingerprint density at radius 3 is 2.48 bits per heavy atom. The van der Waals surface area contributed by atoms with Crippen LogP contribution < -0.4 is 5.32 Å². The first kappa shape index (κ1) is 23.6. The predicted octanol–water partition coefficient (Wildman–Crippen LogP) is 6.70. The molecule has 0 bridgehead atoms. The van der Waals surface area contributed by atoms with Gasteiger partial charge in [0, 0.05) is 39.4 Å². The molecular formula is C27H27Cl2NO3. The minimum absolute atomic E-state index is 0.0232. The number of esters is 1. The van der Waals surface area contributed by atoms with E-state index < -0.39 is 11.9 Å². The minimum atomic E-state index is -0.518. The summed E-state index contributed by atoms with van der Waals surface area (Å²) in [6, 6.07) is 15.0. The average molecular weight is 484 g/mol. The zero-order valence-electron chi connectivity index (χ0n) is 19.0. The molecule has 1 heterocycles. The second-order valence-corrected chi connectivity index (χ2v) is 9.62. The molecule has 6 heteroatoms. The molecule has 2 aliphatic rings. The SMILES string of the molecule is CCC(C)OC(=O)C1=C(C)NC2=C(C(=O)CC(c3ccc(Cl)cc3)C2)C1c1cccc(Cl)c1. The van der Waals surface area contributed by atoms with E-state index >= 15 is 0 Å². The number of dihydropyridines is 1.